The molecule has 4 rings (SSSR count). The molecular formula is C22H19N3O2S. The number of carbonyl (C=O) groups excluding carboxylic acids is 1. The van der Waals surface area contributed by atoms with E-state index < -0.39 is 5.25 Å². The molecule has 6 heteroatoms. The maximum absolute atomic E-state index is 13.0. The van der Waals surface area contributed by atoms with Crippen molar-refractivity contribution in [1.29, 1.82) is 0 Å². The molecule has 1 atom stereocenters. The number of amides is 1. The monoisotopic (exact) mass is 389 g/mol. The summed E-state index contributed by atoms with van der Waals surface area (Å²) in [5.74, 6) is 0.884. The standard InChI is InChI=1S/C22H19N3O2S/c1-14-12-20(23-18-11-7-6-10-17(14)18)28-21(16-8-4-3-5-9-16)22(26)24-19-13-15(2)27-25-19/h3-13,21H,1-2H3,(H,24,25,26). The van der Waals surface area contributed by atoms with Crippen molar-refractivity contribution in [2.24, 2.45) is 0 Å². The highest BCUT2D eigenvalue weighted by Gasteiger charge is 2.24. The Morgan fingerprint density at radius 1 is 1.04 bits per heavy atom. The van der Waals surface area contributed by atoms with E-state index >= 15 is 0 Å². The molecule has 0 aliphatic heterocycles. The van der Waals surface area contributed by atoms with E-state index in [9.17, 15) is 4.79 Å². The number of nitrogens with zero attached hydrogens (tertiary/aromatic N) is 2. The summed E-state index contributed by atoms with van der Waals surface area (Å²) in [7, 11) is 0. The third-order valence-corrected chi connectivity index (χ3v) is 5.53. The number of nitrogens with one attached hydrogen (secondary N) is 1. The minimum atomic E-state index is -0.466. The summed E-state index contributed by atoms with van der Waals surface area (Å²) < 4.78 is 5.05. The number of pyridine rings is 1. The van der Waals surface area contributed by atoms with Crippen molar-refractivity contribution in [3.05, 3.63) is 83.6 Å². The summed E-state index contributed by atoms with van der Waals surface area (Å²) in [4.78, 5) is 17.8. The average molecular weight is 389 g/mol. The van der Waals surface area contributed by atoms with E-state index in [2.05, 4.69) is 23.5 Å². The molecule has 1 N–H and O–H groups in total. The lowest BCUT2D eigenvalue weighted by molar-refractivity contribution is -0.115. The lowest BCUT2D eigenvalue weighted by Gasteiger charge is -2.16. The van der Waals surface area contributed by atoms with Gasteiger partial charge in [0.05, 0.1) is 10.5 Å². The molecule has 2 aromatic heterocycles. The van der Waals surface area contributed by atoms with E-state index in [1.54, 1.807) is 13.0 Å². The number of carbonyl (C=O) groups is 1. The van der Waals surface area contributed by atoms with Crippen LogP contribution in [-0.4, -0.2) is 16.0 Å². The number of benzene rings is 2. The zero-order valence-corrected chi connectivity index (χ0v) is 16.4. The summed E-state index contributed by atoms with van der Waals surface area (Å²) in [6, 6.07) is 21.4. The van der Waals surface area contributed by atoms with Crippen molar-refractivity contribution in [2.45, 2.75) is 24.1 Å². The Balaban J connectivity index is 1.67. The molecule has 0 fully saturated rings. The van der Waals surface area contributed by atoms with Gasteiger partial charge in [-0.2, -0.15) is 0 Å². The fourth-order valence-electron chi connectivity index (χ4n) is 3.02. The first kappa shape index (κ1) is 18.3. The number of thioether (sulfide) groups is 1. The van der Waals surface area contributed by atoms with Crippen LogP contribution in [0.3, 0.4) is 0 Å². The third-order valence-electron chi connectivity index (χ3n) is 4.36. The van der Waals surface area contributed by atoms with Gasteiger partial charge in [0.2, 0.25) is 5.91 Å². The number of hydrogen-bond acceptors (Lipinski definition) is 5. The number of para-hydroxylation sites is 1. The van der Waals surface area contributed by atoms with Gasteiger partial charge in [-0.05, 0) is 37.1 Å². The van der Waals surface area contributed by atoms with Crippen LogP contribution in [0.2, 0.25) is 0 Å². The van der Waals surface area contributed by atoms with Crippen molar-refractivity contribution in [2.75, 3.05) is 5.32 Å². The molecule has 0 spiro atoms. The fraction of sp³-hybridized carbons (Fsp3) is 0.136. The van der Waals surface area contributed by atoms with E-state index in [0.29, 0.717) is 11.6 Å². The highest BCUT2D eigenvalue weighted by atomic mass is 32.2. The van der Waals surface area contributed by atoms with Crippen molar-refractivity contribution < 1.29 is 9.32 Å². The summed E-state index contributed by atoms with van der Waals surface area (Å²) >= 11 is 1.42. The molecule has 1 unspecified atom stereocenters. The van der Waals surface area contributed by atoms with Gasteiger partial charge >= 0.3 is 0 Å². The van der Waals surface area contributed by atoms with Gasteiger partial charge in [0.15, 0.2) is 5.82 Å². The molecule has 0 aliphatic carbocycles. The lowest BCUT2D eigenvalue weighted by Crippen LogP contribution is -2.19. The molecule has 4 aromatic rings. The Labute approximate surface area is 167 Å². The largest absolute Gasteiger partial charge is 0.360 e. The molecule has 28 heavy (non-hydrogen) atoms. The van der Waals surface area contributed by atoms with Crippen LogP contribution >= 0.6 is 11.8 Å². The minimum absolute atomic E-state index is 0.169. The maximum Gasteiger partial charge on any atom is 0.243 e. The third kappa shape index (κ3) is 3.92. The maximum atomic E-state index is 13.0. The van der Waals surface area contributed by atoms with Crippen molar-refractivity contribution >= 4 is 34.4 Å². The first-order valence-electron chi connectivity index (χ1n) is 8.92. The van der Waals surface area contributed by atoms with Gasteiger partial charge in [0, 0.05) is 11.5 Å². The smallest absolute Gasteiger partial charge is 0.243 e. The highest BCUT2D eigenvalue weighted by molar-refractivity contribution is 8.00. The number of fused-ring (bicyclic) bond motifs is 1. The molecule has 0 bridgehead atoms. The zero-order valence-electron chi connectivity index (χ0n) is 15.5. The molecular weight excluding hydrogens is 370 g/mol. The van der Waals surface area contributed by atoms with Crippen molar-refractivity contribution in [1.82, 2.24) is 10.1 Å². The summed E-state index contributed by atoms with van der Waals surface area (Å²) in [5.41, 5.74) is 2.95. The van der Waals surface area contributed by atoms with Gasteiger partial charge in [-0.15, -0.1) is 0 Å². The van der Waals surface area contributed by atoms with Crippen molar-refractivity contribution in [3.8, 4) is 0 Å². The number of hydrogen-bond donors (Lipinski definition) is 1. The Hall–Kier alpha value is -3.12. The topological polar surface area (TPSA) is 68.0 Å². The van der Waals surface area contributed by atoms with E-state index in [-0.39, 0.29) is 5.91 Å². The molecule has 0 saturated carbocycles. The van der Waals surface area contributed by atoms with Crippen LogP contribution in [0.25, 0.3) is 10.9 Å². The predicted octanol–water partition coefficient (Wildman–Crippen LogP) is 5.31. The van der Waals surface area contributed by atoms with E-state index in [1.165, 1.54) is 11.8 Å². The summed E-state index contributed by atoms with van der Waals surface area (Å²) in [6.45, 7) is 3.84. The van der Waals surface area contributed by atoms with Gasteiger partial charge < -0.3 is 9.84 Å². The second kappa shape index (κ2) is 7.86. The van der Waals surface area contributed by atoms with E-state index in [0.717, 1.165) is 27.1 Å². The van der Waals surface area contributed by atoms with Gasteiger partial charge in [0.25, 0.3) is 0 Å². The summed E-state index contributed by atoms with van der Waals surface area (Å²) in [6.07, 6.45) is 0. The molecule has 0 saturated heterocycles. The van der Waals surface area contributed by atoms with Crippen LogP contribution in [0.4, 0.5) is 5.82 Å². The highest BCUT2D eigenvalue weighted by Crippen LogP contribution is 2.36. The quantitative estimate of drug-likeness (QED) is 0.468. The second-order valence-corrected chi connectivity index (χ2v) is 7.64. The molecule has 2 aromatic carbocycles. The Kier molecular flexibility index (Phi) is 5.12. The molecule has 0 aliphatic rings. The van der Waals surface area contributed by atoms with Crippen LogP contribution in [0.15, 0.2) is 76.3 Å². The first-order chi connectivity index (χ1) is 13.6. The van der Waals surface area contributed by atoms with Crippen molar-refractivity contribution in [3.63, 3.8) is 0 Å². The number of anilines is 1. The Morgan fingerprint density at radius 2 is 1.79 bits per heavy atom. The normalized spacial score (nSPS) is 12.1. The first-order valence-corrected chi connectivity index (χ1v) is 9.80. The SMILES string of the molecule is Cc1cc(NC(=O)C(Sc2cc(C)c3ccccc3n2)c2ccccc2)no1. The molecule has 140 valence electrons. The lowest BCUT2D eigenvalue weighted by atomic mass is 10.1. The van der Waals surface area contributed by atoms with Crippen LogP contribution in [0, 0.1) is 13.8 Å². The van der Waals surface area contributed by atoms with Crippen LogP contribution in [0.1, 0.15) is 22.1 Å². The van der Waals surface area contributed by atoms with E-state index in [4.69, 9.17) is 9.51 Å². The van der Waals surface area contributed by atoms with Gasteiger partial charge in [0.1, 0.15) is 11.0 Å². The number of aryl methyl sites for hydroxylation is 2. The molecule has 2 heterocycles. The summed E-state index contributed by atoms with van der Waals surface area (Å²) in [5, 5.41) is 8.16. The molecule has 5 nitrogen and oxygen atoms in total. The van der Waals surface area contributed by atoms with Gasteiger partial charge in [-0.1, -0.05) is 65.4 Å². The number of aromatic nitrogens is 2. The van der Waals surface area contributed by atoms with Crippen LogP contribution in [-0.2, 0) is 4.79 Å². The minimum Gasteiger partial charge on any atom is -0.360 e. The van der Waals surface area contributed by atoms with Gasteiger partial charge in [-0.25, -0.2) is 4.98 Å². The van der Waals surface area contributed by atoms with Gasteiger partial charge in [-0.3, -0.25) is 4.79 Å². The predicted molar refractivity (Wildman–Crippen MR) is 111 cm³/mol. The number of rotatable bonds is 5. The van der Waals surface area contributed by atoms with E-state index in [1.807, 2.05) is 54.6 Å². The molecule has 0 radical (unpaired) electrons. The molecule has 1 amide bonds. The zero-order chi connectivity index (χ0) is 19.5. The second-order valence-electron chi connectivity index (χ2n) is 6.52. The van der Waals surface area contributed by atoms with Crippen LogP contribution < -0.4 is 5.32 Å². The van der Waals surface area contributed by atoms with Crippen LogP contribution in [0.5, 0.6) is 0 Å². The Bertz CT molecular complexity index is 1130. The fourth-order valence-corrected chi connectivity index (χ4v) is 4.11. The Morgan fingerprint density at radius 3 is 2.54 bits per heavy atom. The average Bonchev–Trinajstić information content (AvgIpc) is 3.11.